The molecule has 0 amide bonds. The van der Waals surface area contributed by atoms with Crippen LogP contribution in [-0.4, -0.2) is 14.1 Å². The molecule has 0 atom stereocenters. The van der Waals surface area contributed by atoms with Crippen molar-refractivity contribution in [2.75, 3.05) is 5.73 Å². The lowest BCUT2D eigenvalue weighted by Gasteiger charge is -2.09. The third kappa shape index (κ3) is 2.17. The smallest absolute Gasteiger partial charge is 0.331 e. The van der Waals surface area contributed by atoms with E-state index in [2.05, 4.69) is 4.98 Å². The molecule has 2 rings (SSSR count). The van der Waals surface area contributed by atoms with Crippen molar-refractivity contribution in [3.05, 3.63) is 57.1 Å². The van der Waals surface area contributed by atoms with Crippen LogP contribution in [0.3, 0.4) is 0 Å². The largest absolute Gasteiger partial charge is 0.393 e. The second kappa shape index (κ2) is 4.87. The van der Waals surface area contributed by atoms with Gasteiger partial charge in [0.25, 0.3) is 5.56 Å². The van der Waals surface area contributed by atoms with Crippen molar-refractivity contribution in [1.29, 1.82) is 0 Å². The Balaban J connectivity index is 2.54. The number of aromatic nitrogens is 3. The Kier molecular flexibility index (Phi) is 3.27. The number of pyridine rings is 1. The number of nitrogens with two attached hydrogens (primary N) is 1. The summed E-state index contributed by atoms with van der Waals surface area (Å²) in [5.74, 6) is 0. The Morgan fingerprint density at radius 3 is 2.78 bits per heavy atom. The summed E-state index contributed by atoms with van der Waals surface area (Å²) < 4.78 is 2.53. The zero-order chi connectivity index (χ0) is 13.1. The highest BCUT2D eigenvalue weighted by molar-refractivity contribution is 5.31. The maximum Gasteiger partial charge on any atom is 0.331 e. The molecule has 94 valence electrons. The zero-order valence-corrected chi connectivity index (χ0v) is 10.0. The zero-order valence-electron chi connectivity index (χ0n) is 10.0. The standard InChI is InChI=1S/C12H14N4O2/c1-2-15-8-10(13)11(17)16(12(15)18)7-9-4-3-5-14-6-9/h3-6,8H,2,7,13H2,1H3. The number of hydrogen-bond donors (Lipinski definition) is 1. The number of nitrogen functional groups attached to an aromatic ring is 1. The quantitative estimate of drug-likeness (QED) is 0.829. The molecule has 18 heavy (non-hydrogen) atoms. The van der Waals surface area contributed by atoms with Gasteiger partial charge in [-0.2, -0.15) is 0 Å². The molecule has 2 aromatic heterocycles. The van der Waals surface area contributed by atoms with E-state index in [0.717, 1.165) is 10.1 Å². The van der Waals surface area contributed by atoms with Crippen LogP contribution in [0.4, 0.5) is 5.69 Å². The Labute approximate surface area is 103 Å². The van der Waals surface area contributed by atoms with E-state index in [1.54, 1.807) is 24.5 Å². The summed E-state index contributed by atoms with van der Waals surface area (Å²) in [5.41, 5.74) is 5.64. The molecule has 0 aromatic carbocycles. The highest BCUT2D eigenvalue weighted by Crippen LogP contribution is 1.97. The molecule has 2 aromatic rings. The highest BCUT2D eigenvalue weighted by atomic mass is 16.2. The van der Waals surface area contributed by atoms with Crippen molar-refractivity contribution in [1.82, 2.24) is 14.1 Å². The normalized spacial score (nSPS) is 10.5. The SMILES string of the molecule is CCn1cc(N)c(=O)n(Cc2cccnc2)c1=O. The molecule has 6 heteroatoms. The van der Waals surface area contributed by atoms with Crippen molar-refractivity contribution in [3.63, 3.8) is 0 Å². The van der Waals surface area contributed by atoms with Gasteiger partial charge in [-0.05, 0) is 18.6 Å². The summed E-state index contributed by atoms with van der Waals surface area (Å²) >= 11 is 0. The third-order valence-electron chi connectivity index (χ3n) is 2.67. The van der Waals surface area contributed by atoms with Crippen LogP contribution in [0.15, 0.2) is 40.3 Å². The van der Waals surface area contributed by atoms with Gasteiger partial charge in [0.1, 0.15) is 5.69 Å². The number of rotatable bonds is 3. The number of hydrogen-bond acceptors (Lipinski definition) is 4. The molecular formula is C12H14N4O2. The lowest BCUT2D eigenvalue weighted by atomic mass is 10.3. The summed E-state index contributed by atoms with van der Waals surface area (Å²) in [6.07, 6.45) is 4.63. The fourth-order valence-corrected chi connectivity index (χ4v) is 1.72. The van der Waals surface area contributed by atoms with Crippen LogP contribution in [-0.2, 0) is 13.1 Å². The minimum Gasteiger partial charge on any atom is -0.393 e. The molecule has 0 unspecified atom stereocenters. The van der Waals surface area contributed by atoms with Gasteiger partial charge in [-0.15, -0.1) is 0 Å². The molecule has 0 saturated carbocycles. The Morgan fingerprint density at radius 2 is 2.17 bits per heavy atom. The molecule has 0 aliphatic rings. The predicted molar refractivity (Wildman–Crippen MR) is 68.4 cm³/mol. The first kappa shape index (κ1) is 12.1. The van der Waals surface area contributed by atoms with E-state index in [9.17, 15) is 9.59 Å². The molecule has 0 fully saturated rings. The monoisotopic (exact) mass is 246 g/mol. The lowest BCUT2D eigenvalue weighted by molar-refractivity contribution is 0.602. The summed E-state index contributed by atoms with van der Waals surface area (Å²) in [5, 5.41) is 0. The maximum absolute atomic E-state index is 12.0. The van der Waals surface area contributed by atoms with Crippen LogP contribution in [0.25, 0.3) is 0 Å². The van der Waals surface area contributed by atoms with Gasteiger partial charge in [-0.3, -0.25) is 18.9 Å². The second-order valence-electron chi connectivity index (χ2n) is 3.91. The fourth-order valence-electron chi connectivity index (χ4n) is 1.72. The molecule has 0 spiro atoms. The maximum atomic E-state index is 12.0. The van der Waals surface area contributed by atoms with Crippen molar-refractivity contribution in [3.8, 4) is 0 Å². The summed E-state index contributed by atoms with van der Waals surface area (Å²) in [4.78, 5) is 27.8. The van der Waals surface area contributed by atoms with E-state index in [1.807, 2.05) is 6.92 Å². The van der Waals surface area contributed by atoms with Gasteiger partial charge in [0.15, 0.2) is 0 Å². The average molecular weight is 246 g/mol. The van der Waals surface area contributed by atoms with Crippen LogP contribution in [0.2, 0.25) is 0 Å². The van der Waals surface area contributed by atoms with E-state index in [4.69, 9.17) is 5.73 Å². The van der Waals surface area contributed by atoms with E-state index in [-0.39, 0.29) is 17.9 Å². The first-order valence-corrected chi connectivity index (χ1v) is 5.62. The van der Waals surface area contributed by atoms with Gasteiger partial charge in [-0.25, -0.2) is 4.79 Å². The van der Waals surface area contributed by atoms with Crippen molar-refractivity contribution in [2.24, 2.45) is 0 Å². The highest BCUT2D eigenvalue weighted by Gasteiger charge is 2.08. The number of nitrogens with zero attached hydrogens (tertiary/aromatic N) is 3. The van der Waals surface area contributed by atoms with Gasteiger partial charge in [0.05, 0.1) is 6.54 Å². The van der Waals surface area contributed by atoms with Gasteiger partial charge in [0, 0.05) is 25.1 Å². The number of anilines is 1. The first-order chi connectivity index (χ1) is 8.63. The van der Waals surface area contributed by atoms with Crippen molar-refractivity contribution >= 4 is 5.69 Å². The van der Waals surface area contributed by atoms with E-state index in [0.29, 0.717) is 6.54 Å². The first-order valence-electron chi connectivity index (χ1n) is 5.62. The lowest BCUT2D eigenvalue weighted by Crippen LogP contribution is -2.40. The molecule has 0 bridgehead atoms. The van der Waals surface area contributed by atoms with Crippen LogP contribution >= 0.6 is 0 Å². The topological polar surface area (TPSA) is 82.9 Å². The van der Waals surface area contributed by atoms with E-state index < -0.39 is 5.56 Å². The molecule has 2 heterocycles. The average Bonchev–Trinajstić information content (AvgIpc) is 2.40. The van der Waals surface area contributed by atoms with Gasteiger partial charge >= 0.3 is 5.69 Å². The third-order valence-corrected chi connectivity index (χ3v) is 2.67. The van der Waals surface area contributed by atoms with Crippen LogP contribution in [0, 0.1) is 0 Å². The predicted octanol–water partition coefficient (Wildman–Crippen LogP) is 0.0554. The Bertz CT molecular complexity index is 658. The minimum atomic E-state index is -0.464. The molecule has 0 aliphatic carbocycles. The van der Waals surface area contributed by atoms with Crippen LogP contribution in [0.1, 0.15) is 12.5 Å². The van der Waals surface area contributed by atoms with Crippen LogP contribution < -0.4 is 17.0 Å². The van der Waals surface area contributed by atoms with E-state index >= 15 is 0 Å². The van der Waals surface area contributed by atoms with Gasteiger partial charge in [-0.1, -0.05) is 6.07 Å². The van der Waals surface area contributed by atoms with Gasteiger partial charge < -0.3 is 5.73 Å². The number of aryl methyl sites for hydroxylation is 1. The van der Waals surface area contributed by atoms with Crippen molar-refractivity contribution < 1.29 is 0 Å². The molecular weight excluding hydrogens is 232 g/mol. The van der Waals surface area contributed by atoms with Crippen LogP contribution in [0.5, 0.6) is 0 Å². The van der Waals surface area contributed by atoms with E-state index in [1.165, 1.54) is 10.8 Å². The summed E-state index contributed by atoms with van der Waals surface area (Å²) in [7, 11) is 0. The molecule has 0 radical (unpaired) electrons. The molecule has 0 aliphatic heterocycles. The Hall–Kier alpha value is -2.37. The van der Waals surface area contributed by atoms with Gasteiger partial charge in [0.2, 0.25) is 0 Å². The minimum absolute atomic E-state index is 0.0698. The van der Waals surface area contributed by atoms with Crippen molar-refractivity contribution in [2.45, 2.75) is 20.0 Å². The fraction of sp³-hybridized carbons (Fsp3) is 0.250. The summed E-state index contributed by atoms with van der Waals surface area (Å²) in [6, 6.07) is 3.56. The molecule has 0 saturated heterocycles. The molecule has 6 nitrogen and oxygen atoms in total. The Morgan fingerprint density at radius 1 is 1.39 bits per heavy atom. The summed E-state index contributed by atoms with van der Waals surface area (Å²) in [6.45, 7) is 2.46. The second-order valence-corrected chi connectivity index (χ2v) is 3.91. The molecule has 2 N–H and O–H groups in total.